The Bertz CT molecular complexity index is 1210. The lowest BCUT2D eigenvalue weighted by Gasteiger charge is -2.24. The largest absolute Gasteiger partial charge is 0.507 e. The molecule has 0 spiro atoms. The molecule has 1 saturated heterocycles. The number of carbonyl (C=O) groups excluding carboxylic acids is 2. The van der Waals surface area contributed by atoms with Gasteiger partial charge in [-0.15, -0.1) is 0 Å². The summed E-state index contributed by atoms with van der Waals surface area (Å²) >= 11 is 0. The summed E-state index contributed by atoms with van der Waals surface area (Å²) in [5.74, 6) is -0.954. The maximum Gasteiger partial charge on any atom is 0.296 e. The minimum atomic E-state index is -0.956. The van der Waals surface area contributed by atoms with E-state index < -0.39 is 22.7 Å². The fourth-order valence-electron chi connectivity index (χ4n) is 3.77. The Kier molecular flexibility index (Phi) is 5.95. The van der Waals surface area contributed by atoms with E-state index in [4.69, 9.17) is 9.15 Å². The fourth-order valence-corrected chi connectivity index (χ4v) is 3.77. The number of nitro groups is 1. The van der Waals surface area contributed by atoms with Crippen LogP contribution in [0.1, 0.15) is 29.9 Å². The molecule has 1 aromatic heterocycles. The third-order valence-corrected chi connectivity index (χ3v) is 5.30. The monoisotopic (exact) mass is 448 g/mol. The molecule has 1 amide bonds. The zero-order valence-electron chi connectivity index (χ0n) is 17.6. The van der Waals surface area contributed by atoms with Crippen molar-refractivity contribution in [2.45, 2.75) is 19.5 Å². The molecule has 3 aromatic rings. The summed E-state index contributed by atoms with van der Waals surface area (Å²) in [5.41, 5.74) is 0.540. The molecule has 2 aromatic carbocycles. The lowest BCUT2D eigenvalue weighted by molar-refractivity contribution is -0.384. The highest BCUT2D eigenvalue weighted by molar-refractivity contribution is 6.46. The summed E-state index contributed by atoms with van der Waals surface area (Å²) in [6, 6.07) is 14.4. The molecule has 0 aliphatic carbocycles. The van der Waals surface area contributed by atoms with Crippen molar-refractivity contribution in [1.29, 1.82) is 0 Å². The van der Waals surface area contributed by atoms with Crippen LogP contribution < -0.4 is 4.74 Å². The first kappa shape index (κ1) is 21.8. The van der Waals surface area contributed by atoms with Gasteiger partial charge in [0.1, 0.15) is 17.3 Å². The van der Waals surface area contributed by atoms with Crippen molar-refractivity contribution in [2.24, 2.45) is 0 Å². The zero-order chi connectivity index (χ0) is 23.5. The Morgan fingerprint density at radius 3 is 2.39 bits per heavy atom. The van der Waals surface area contributed by atoms with Crippen LogP contribution in [0.2, 0.25) is 0 Å². The summed E-state index contributed by atoms with van der Waals surface area (Å²) in [4.78, 5) is 37.8. The highest BCUT2D eigenvalue weighted by Gasteiger charge is 2.46. The maximum atomic E-state index is 13.0. The highest BCUT2D eigenvalue weighted by atomic mass is 16.6. The molecule has 33 heavy (non-hydrogen) atoms. The molecule has 1 atom stereocenters. The Balaban J connectivity index is 1.81. The van der Waals surface area contributed by atoms with Crippen molar-refractivity contribution < 1.29 is 28.8 Å². The van der Waals surface area contributed by atoms with Crippen LogP contribution in [0.15, 0.2) is 76.9 Å². The molecule has 4 rings (SSSR count). The quantitative estimate of drug-likeness (QED) is 0.189. The Hall–Kier alpha value is -4.40. The standard InChI is InChI=1S/C24H20N2O7/c1-2-32-18-11-7-16(8-12-18)22(27)20-21(15-5-9-17(10-6-15)26(30)31)25(24(29)23(20)28)14-19-4-3-13-33-19/h3-13,21,27H,2,14H2,1H3/b22-20+. The molecule has 168 valence electrons. The molecule has 0 saturated carbocycles. The minimum absolute atomic E-state index is 0.0146. The number of amides is 1. The average Bonchev–Trinajstić information content (AvgIpc) is 3.42. The number of rotatable bonds is 7. The number of nitrogens with zero attached hydrogens (tertiary/aromatic N) is 2. The number of ketones is 1. The van der Waals surface area contributed by atoms with Crippen LogP contribution >= 0.6 is 0 Å². The van der Waals surface area contributed by atoms with E-state index in [-0.39, 0.29) is 23.6 Å². The van der Waals surface area contributed by atoms with E-state index in [1.165, 1.54) is 35.4 Å². The second-order valence-electron chi connectivity index (χ2n) is 7.31. The van der Waals surface area contributed by atoms with Gasteiger partial charge in [0.2, 0.25) is 0 Å². The lowest BCUT2D eigenvalue weighted by Crippen LogP contribution is -2.29. The molecule has 1 aliphatic rings. The number of aliphatic hydroxyl groups is 1. The number of nitro benzene ring substituents is 1. The van der Waals surface area contributed by atoms with Crippen LogP contribution in [0.3, 0.4) is 0 Å². The van der Waals surface area contributed by atoms with Gasteiger partial charge in [0.25, 0.3) is 17.4 Å². The van der Waals surface area contributed by atoms with Gasteiger partial charge in [-0.3, -0.25) is 19.7 Å². The Morgan fingerprint density at radius 1 is 1.12 bits per heavy atom. The Labute approximate surface area is 188 Å². The number of hydrogen-bond donors (Lipinski definition) is 1. The number of Topliss-reactive ketones (excluding diaryl/α,β-unsaturated/α-hetero) is 1. The summed E-state index contributed by atoms with van der Waals surface area (Å²) in [5, 5.41) is 22.1. The second kappa shape index (κ2) is 8.99. The lowest BCUT2D eigenvalue weighted by atomic mass is 9.95. The first-order chi connectivity index (χ1) is 15.9. The van der Waals surface area contributed by atoms with Gasteiger partial charge < -0.3 is 19.2 Å². The predicted molar refractivity (Wildman–Crippen MR) is 117 cm³/mol. The smallest absolute Gasteiger partial charge is 0.296 e. The summed E-state index contributed by atoms with van der Waals surface area (Å²) in [7, 11) is 0. The molecule has 0 radical (unpaired) electrons. The minimum Gasteiger partial charge on any atom is -0.507 e. The summed E-state index contributed by atoms with van der Waals surface area (Å²) in [6.07, 6.45) is 1.45. The molecule has 1 N–H and O–H groups in total. The van der Waals surface area contributed by atoms with E-state index in [1.807, 2.05) is 6.92 Å². The van der Waals surface area contributed by atoms with Gasteiger partial charge >= 0.3 is 0 Å². The van der Waals surface area contributed by atoms with E-state index in [0.717, 1.165) is 0 Å². The number of non-ortho nitro benzene ring substituents is 1. The van der Waals surface area contributed by atoms with Crippen molar-refractivity contribution >= 4 is 23.1 Å². The number of hydrogen-bond acceptors (Lipinski definition) is 7. The van der Waals surface area contributed by atoms with Crippen molar-refractivity contribution in [1.82, 2.24) is 4.90 Å². The van der Waals surface area contributed by atoms with Crippen LogP contribution in [0, 0.1) is 10.1 Å². The van der Waals surface area contributed by atoms with Gasteiger partial charge in [-0.05, 0) is 61.0 Å². The van der Waals surface area contributed by atoms with Crippen LogP contribution in [0.5, 0.6) is 5.75 Å². The van der Waals surface area contributed by atoms with Crippen LogP contribution in [0.25, 0.3) is 5.76 Å². The fraction of sp³-hybridized carbons (Fsp3) is 0.167. The molecule has 1 aliphatic heterocycles. The Morgan fingerprint density at radius 2 is 1.82 bits per heavy atom. The van der Waals surface area contributed by atoms with Gasteiger partial charge in [0.05, 0.1) is 36.0 Å². The van der Waals surface area contributed by atoms with Crippen molar-refractivity contribution in [3.63, 3.8) is 0 Å². The number of aliphatic hydroxyl groups excluding tert-OH is 1. The third kappa shape index (κ3) is 4.20. The van der Waals surface area contributed by atoms with E-state index in [0.29, 0.717) is 29.2 Å². The van der Waals surface area contributed by atoms with E-state index >= 15 is 0 Å². The first-order valence-corrected chi connectivity index (χ1v) is 10.2. The molecular formula is C24H20N2O7. The zero-order valence-corrected chi connectivity index (χ0v) is 17.6. The molecular weight excluding hydrogens is 428 g/mol. The van der Waals surface area contributed by atoms with Crippen molar-refractivity contribution in [3.05, 3.63) is 99.5 Å². The number of benzene rings is 2. The van der Waals surface area contributed by atoms with Crippen molar-refractivity contribution in [2.75, 3.05) is 6.61 Å². The van der Waals surface area contributed by atoms with Gasteiger partial charge in [-0.25, -0.2) is 0 Å². The molecule has 0 bridgehead atoms. The van der Waals surface area contributed by atoms with Gasteiger partial charge in [-0.2, -0.15) is 0 Å². The highest BCUT2D eigenvalue weighted by Crippen LogP contribution is 2.40. The summed E-state index contributed by atoms with van der Waals surface area (Å²) < 4.78 is 10.8. The molecule has 2 heterocycles. The normalized spacial score (nSPS) is 17.4. The number of furan rings is 1. The van der Waals surface area contributed by atoms with Crippen LogP contribution in [-0.2, 0) is 16.1 Å². The first-order valence-electron chi connectivity index (χ1n) is 10.2. The number of likely N-dealkylation sites (tertiary alicyclic amines) is 1. The number of carbonyl (C=O) groups is 2. The van der Waals surface area contributed by atoms with E-state index in [2.05, 4.69) is 0 Å². The van der Waals surface area contributed by atoms with Gasteiger partial charge in [0.15, 0.2) is 0 Å². The summed E-state index contributed by atoms with van der Waals surface area (Å²) in [6.45, 7) is 2.31. The average molecular weight is 448 g/mol. The van der Waals surface area contributed by atoms with E-state index in [1.54, 1.807) is 36.4 Å². The molecule has 9 heteroatoms. The van der Waals surface area contributed by atoms with Gasteiger partial charge in [-0.1, -0.05) is 0 Å². The molecule has 1 unspecified atom stereocenters. The van der Waals surface area contributed by atoms with Crippen molar-refractivity contribution in [3.8, 4) is 5.75 Å². The predicted octanol–water partition coefficient (Wildman–Crippen LogP) is 4.21. The topological polar surface area (TPSA) is 123 Å². The van der Waals surface area contributed by atoms with Crippen LogP contribution in [0.4, 0.5) is 5.69 Å². The number of ether oxygens (including phenoxy) is 1. The molecule has 9 nitrogen and oxygen atoms in total. The SMILES string of the molecule is CCOc1ccc(/C(O)=C2\C(=O)C(=O)N(Cc3ccco3)C2c2ccc([N+](=O)[O-])cc2)cc1. The third-order valence-electron chi connectivity index (χ3n) is 5.30. The maximum absolute atomic E-state index is 13.0. The van der Waals surface area contributed by atoms with Gasteiger partial charge in [0, 0.05) is 17.7 Å². The van der Waals surface area contributed by atoms with E-state index in [9.17, 15) is 24.8 Å². The van der Waals surface area contributed by atoms with Crippen LogP contribution in [-0.4, -0.2) is 33.2 Å². The molecule has 1 fully saturated rings. The second-order valence-corrected chi connectivity index (χ2v) is 7.31.